The Morgan fingerprint density at radius 1 is 0.910 bits per heavy atom. The van der Waals surface area contributed by atoms with Gasteiger partial charge in [-0.3, -0.25) is 28.1 Å². The number of carbonyl (C=O) groups excluding carboxylic acids is 1. The summed E-state index contributed by atoms with van der Waals surface area (Å²) in [6.45, 7) is 10.3. The Labute approximate surface area is 381 Å². The summed E-state index contributed by atoms with van der Waals surface area (Å²) < 4.78 is 51.0. The predicted octanol–water partition coefficient (Wildman–Crippen LogP) is 7.99. The lowest BCUT2D eigenvalue weighted by Crippen LogP contribution is -2.58. The van der Waals surface area contributed by atoms with Gasteiger partial charge in [-0.05, 0) is 137 Å². The van der Waals surface area contributed by atoms with E-state index in [-0.39, 0.29) is 46.9 Å². The quantitative estimate of drug-likeness (QED) is 0.161. The zero-order valence-corrected chi connectivity index (χ0v) is 37.7. The van der Waals surface area contributed by atoms with Crippen molar-refractivity contribution in [3.8, 4) is 17.2 Å². The average molecular weight is 907 g/mol. The van der Waals surface area contributed by atoms with Gasteiger partial charge in [0.15, 0.2) is 11.6 Å². The van der Waals surface area contributed by atoms with Gasteiger partial charge < -0.3 is 14.2 Å². The topological polar surface area (TPSA) is 156 Å². The van der Waals surface area contributed by atoms with Crippen molar-refractivity contribution in [2.45, 2.75) is 115 Å². The van der Waals surface area contributed by atoms with Crippen LogP contribution in [0.3, 0.4) is 0 Å². The molecule has 5 atom stereocenters. The maximum atomic E-state index is 16.4. The molecule has 3 aromatic carbocycles. The number of hydrogen-bond donors (Lipinski definition) is 1. The minimum Gasteiger partial charge on any atom is -0.376 e. The number of amides is 1. The van der Waals surface area contributed by atoms with E-state index in [0.29, 0.717) is 76.5 Å². The molecule has 15 nitrogen and oxygen atoms in total. The third-order valence-corrected chi connectivity index (χ3v) is 15.4. The van der Waals surface area contributed by atoms with E-state index in [2.05, 4.69) is 58.8 Å². The molecule has 0 spiro atoms. The van der Waals surface area contributed by atoms with E-state index in [1.165, 1.54) is 27.1 Å². The Kier molecular flexibility index (Phi) is 8.35. The highest BCUT2D eigenvalue weighted by Crippen LogP contribution is 2.57. The van der Waals surface area contributed by atoms with E-state index in [1.54, 1.807) is 49.0 Å². The van der Waals surface area contributed by atoms with Crippen molar-refractivity contribution in [2.24, 2.45) is 5.92 Å². The largest absolute Gasteiger partial charge is 0.438 e. The van der Waals surface area contributed by atoms with Crippen LogP contribution in [0.4, 0.5) is 8.78 Å². The Morgan fingerprint density at radius 3 is 2.39 bits per heavy atom. The minimum absolute atomic E-state index is 0.0113. The maximum Gasteiger partial charge on any atom is 0.438 e. The van der Waals surface area contributed by atoms with Crippen molar-refractivity contribution >= 4 is 27.7 Å². The third-order valence-electron chi connectivity index (χ3n) is 15.4. The number of fused-ring (bicyclic) bond motifs is 6. The molecule has 5 aliphatic rings. The lowest BCUT2D eigenvalue weighted by molar-refractivity contribution is -0.0592. The molecule has 2 aliphatic heterocycles. The van der Waals surface area contributed by atoms with Gasteiger partial charge >= 0.3 is 11.4 Å². The summed E-state index contributed by atoms with van der Waals surface area (Å²) in [7, 11) is 0. The molecule has 2 saturated carbocycles. The number of aryl methyl sites for hydroxylation is 2. The molecule has 3 aliphatic carbocycles. The lowest BCUT2D eigenvalue weighted by atomic mass is 9.77. The molecular formula is C50H48F2N10O5. The first-order valence-electron chi connectivity index (χ1n) is 23.2. The molecule has 342 valence electrons. The first kappa shape index (κ1) is 40.4. The number of imidazole rings is 1. The Bertz CT molecular complexity index is 3520. The van der Waals surface area contributed by atoms with Crippen LogP contribution in [0.2, 0.25) is 0 Å². The van der Waals surface area contributed by atoms with Crippen LogP contribution in [0.5, 0.6) is 0 Å². The smallest absolute Gasteiger partial charge is 0.376 e. The van der Waals surface area contributed by atoms with Crippen LogP contribution in [0, 0.1) is 31.4 Å². The number of likely N-dealkylation sites (tertiary alicyclic amines) is 1. The van der Waals surface area contributed by atoms with Crippen molar-refractivity contribution in [1.29, 1.82) is 0 Å². The number of benzene rings is 3. The summed E-state index contributed by atoms with van der Waals surface area (Å²) in [5.74, 6) is -0.723. The summed E-state index contributed by atoms with van der Waals surface area (Å²) in [6.07, 6.45) is 10.0. The number of hydrogen-bond acceptors (Lipinski definition) is 8. The van der Waals surface area contributed by atoms with Gasteiger partial charge in [-0.25, -0.2) is 23.1 Å². The number of aromatic amines is 1. The molecule has 17 heteroatoms. The van der Waals surface area contributed by atoms with E-state index in [1.807, 2.05) is 15.6 Å². The van der Waals surface area contributed by atoms with Crippen LogP contribution in [0.25, 0.3) is 39.0 Å². The molecule has 2 saturated heterocycles. The Balaban J connectivity index is 0.949. The van der Waals surface area contributed by atoms with Crippen LogP contribution in [0.1, 0.15) is 122 Å². The molecule has 4 fully saturated rings. The van der Waals surface area contributed by atoms with E-state index in [9.17, 15) is 9.59 Å². The van der Waals surface area contributed by atoms with Gasteiger partial charge in [-0.15, -0.1) is 0 Å². The SMILES string of the molecule is Cc1cc(-n2nc3c(c2-n2ccn(-c4ccc5c(cnn5C5CC5)c4F)c2=O)C2CC(C3)N2C(=O)c2cc3cc([C@H]4CCOC(C)(C)C4)ccc3n2[C@@]2(c3noc(=O)[nH]3)C[C@@H]2C)cc(C)c1F. The number of halogens is 2. The summed E-state index contributed by atoms with van der Waals surface area (Å²) >= 11 is 0. The summed E-state index contributed by atoms with van der Waals surface area (Å²) in [5.41, 5.74) is 4.36. The fraction of sp³-hybridized carbons (Fsp3) is 0.400. The van der Waals surface area contributed by atoms with Crippen LogP contribution >= 0.6 is 0 Å². The van der Waals surface area contributed by atoms with Crippen LogP contribution < -0.4 is 11.4 Å². The van der Waals surface area contributed by atoms with Crippen molar-refractivity contribution < 1.29 is 22.8 Å². The number of ether oxygens (including phenoxy) is 1. The zero-order chi connectivity index (χ0) is 46.0. The molecule has 8 aromatic rings. The number of nitrogens with one attached hydrogen (secondary N) is 1. The molecule has 1 amide bonds. The fourth-order valence-corrected chi connectivity index (χ4v) is 11.9. The summed E-state index contributed by atoms with van der Waals surface area (Å²) in [5, 5.41) is 15.0. The molecule has 7 heterocycles. The molecule has 1 N–H and O–H groups in total. The van der Waals surface area contributed by atoms with Gasteiger partial charge in [0, 0.05) is 47.9 Å². The minimum atomic E-state index is -0.842. The second-order valence-electron chi connectivity index (χ2n) is 20.2. The number of rotatable bonds is 8. The molecule has 67 heavy (non-hydrogen) atoms. The molecule has 2 bridgehead atoms. The van der Waals surface area contributed by atoms with Gasteiger partial charge in [0.05, 0.1) is 51.9 Å². The molecular weight excluding hydrogens is 859 g/mol. The Hall–Kier alpha value is -6.88. The monoisotopic (exact) mass is 906 g/mol. The third kappa shape index (κ3) is 5.82. The average Bonchev–Trinajstić information content (AvgIpc) is 3.82. The number of nitrogens with zero attached hydrogens (tertiary/aromatic N) is 9. The van der Waals surface area contributed by atoms with Crippen LogP contribution in [-0.4, -0.2) is 72.5 Å². The highest BCUT2D eigenvalue weighted by molar-refractivity contribution is 6.00. The second kappa shape index (κ2) is 13.8. The van der Waals surface area contributed by atoms with E-state index in [0.717, 1.165) is 42.3 Å². The standard InChI is InChI=1S/C50H48F2N10O5/c1-25-16-33(17-26(2)42(25)51)62-44(58-14-13-57(48(58)65)38-11-10-37-34(43(38)52)24-53-61(37)31-7-8-31)41-35(55-62)20-32-21-39(41)59(32)45(63)40-19-30-18-28(29-12-15-66-49(4,5)23-29)6-9-36(30)60(40)50(22-27(50)3)46-54-47(64)67-56-46/h6,9-11,13-14,16-19,24,27,29,31-32,39H,7-8,12,15,20-23H2,1-5H3,(H,54,56,64)/t27-,29-,32?,39?,50-/m0/s1. The van der Waals surface area contributed by atoms with E-state index in [4.69, 9.17) is 14.4 Å². The lowest BCUT2D eigenvalue weighted by Gasteiger charge is -2.52. The van der Waals surface area contributed by atoms with Gasteiger partial charge in [0.25, 0.3) is 5.91 Å². The highest BCUT2D eigenvalue weighted by atomic mass is 19.1. The second-order valence-corrected chi connectivity index (χ2v) is 20.2. The van der Waals surface area contributed by atoms with Crippen molar-refractivity contribution in [1.82, 2.24) is 48.3 Å². The van der Waals surface area contributed by atoms with Crippen molar-refractivity contribution in [3.63, 3.8) is 0 Å². The number of aromatic nitrogens is 9. The van der Waals surface area contributed by atoms with Crippen molar-refractivity contribution in [2.75, 3.05) is 6.61 Å². The van der Waals surface area contributed by atoms with E-state index >= 15 is 13.6 Å². The number of H-pyrrole nitrogens is 1. The molecule has 5 aromatic heterocycles. The summed E-state index contributed by atoms with van der Waals surface area (Å²) in [4.78, 5) is 47.6. The van der Waals surface area contributed by atoms with Gasteiger partial charge in [-0.2, -0.15) is 10.2 Å². The molecule has 13 rings (SSSR count). The highest BCUT2D eigenvalue weighted by Gasteiger charge is 2.60. The Morgan fingerprint density at radius 2 is 1.67 bits per heavy atom. The first-order chi connectivity index (χ1) is 32.2. The number of carbonyl (C=O) groups is 1. The van der Waals surface area contributed by atoms with Crippen LogP contribution in [0.15, 0.2) is 81.2 Å². The van der Waals surface area contributed by atoms with Gasteiger partial charge in [0.1, 0.15) is 22.9 Å². The first-order valence-corrected chi connectivity index (χ1v) is 23.2. The molecule has 2 unspecified atom stereocenters. The summed E-state index contributed by atoms with van der Waals surface area (Å²) in [6, 6.07) is 14.7. The molecule has 0 radical (unpaired) electrons. The van der Waals surface area contributed by atoms with E-state index < -0.39 is 28.8 Å². The van der Waals surface area contributed by atoms with Gasteiger partial charge in [0.2, 0.25) is 0 Å². The zero-order valence-electron chi connectivity index (χ0n) is 37.7. The van der Waals surface area contributed by atoms with Crippen molar-refractivity contribution in [3.05, 3.63) is 139 Å². The fourth-order valence-electron chi connectivity index (χ4n) is 11.9. The van der Waals surface area contributed by atoms with Gasteiger partial charge in [-0.1, -0.05) is 18.1 Å². The normalized spacial score (nSPS) is 24.1. The van der Waals surface area contributed by atoms with Crippen LogP contribution in [-0.2, 0) is 16.7 Å². The maximum absolute atomic E-state index is 16.4. The predicted molar refractivity (Wildman–Crippen MR) is 242 cm³/mol.